The van der Waals surface area contributed by atoms with Gasteiger partial charge in [-0.1, -0.05) is 6.92 Å². The van der Waals surface area contributed by atoms with E-state index >= 15 is 0 Å². The van der Waals surface area contributed by atoms with E-state index in [2.05, 4.69) is 42.9 Å². The molecule has 3 aliphatic rings. The molecule has 3 fully saturated rings. The van der Waals surface area contributed by atoms with Crippen LogP contribution >= 0.6 is 0 Å². The van der Waals surface area contributed by atoms with Crippen LogP contribution in [0.4, 0.5) is 0 Å². The molecule has 1 saturated carbocycles. The van der Waals surface area contributed by atoms with Crippen LogP contribution in [0.2, 0.25) is 0 Å². The summed E-state index contributed by atoms with van der Waals surface area (Å²) < 4.78 is 0. The van der Waals surface area contributed by atoms with Crippen molar-refractivity contribution in [2.75, 3.05) is 39.8 Å². The normalized spacial score (nSPS) is 39.9. The van der Waals surface area contributed by atoms with E-state index in [4.69, 9.17) is 0 Å². The Morgan fingerprint density at radius 1 is 1.15 bits per heavy atom. The minimum absolute atomic E-state index is 0.383. The SMILES string of the molecule is CC1CNC(C)(C2CC2)CN1CC1(C)CCN(C)CC1. The number of likely N-dealkylation sites (tertiary alicyclic amines) is 1. The molecule has 1 aliphatic carbocycles. The molecule has 3 heteroatoms. The van der Waals surface area contributed by atoms with Gasteiger partial charge in [-0.05, 0) is 71.0 Å². The first kappa shape index (κ1) is 14.8. The van der Waals surface area contributed by atoms with Crippen LogP contribution < -0.4 is 5.32 Å². The fourth-order valence-corrected chi connectivity index (χ4v) is 4.16. The Hall–Kier alpha value is -0.120. The van der Waals surface area contributed by atoms with Crippen LogP contribution in [0.15, 0.2) is 0 Å². The molecule has 2 atom stereocenters. The fourth-order valence-electron chi connectivity index (χ4n) is 4.16. The third-order valence-electron chi connectivity index (χ3n) is 6.21. The van der Waals surface area contributed by atoms with Crippen molar-refractivity contribution in [3.8, 4) is 0 Å². The van der Waals surface area contributed by atoms with Gasteiger partial charge in [0.15, 0.2) is 0 Å². The number of rotatable bonds is 3. The van der Waals surface area contributed by atoms with Crippen LogP contribution in [0, 0.1) is 11.3 Å². The zero-order valence-electron chi connectivity index (χ0n) is 13.9. The molecule has 0 radical (unpaired) electrons. The zero-order chi connectivity index (χ0) is 14.4. The third kappa shape index (κ3) is 3.05. The first-order valence-electron chi connectivity index (χ1n) is 8.58. The van der Waals surface area contributed by atoms with Gasteiger partial charge >= 0.3 is 0 Å². The molecule has 2 aliphatic heterocycles. The van der Waals surface area contributed by atoms with Crippen molar-refractivity contribution >= 4 is 0 Å². The van der Waals surface area contributed by atoms with Crippen molar-refractivity contribution in [1.82, 2.24) is 15.1 Å². The summed E-state index contributed by atoms with van der Waals surface area (Å²) in [6.07, 6.45) is 5.60. The lowest BCUT2D eigenvalue weighted by Gasteiger charge is -2.49. The minimum Gasteiger partial charge on any atom is -0.308 e. The Bertz CT molecular complexity index is 344. The van der Waals surface area contributed by atoms with Crippen molar-refractivity contribution < 1.29 is 0 Å². The van der Waals surface area contributed by atoms with Gasteiger partial charge in [0.05, 0.1) is 0 Å². The number of piperidine rings is 1. The highest BCUT2D eigenvalue weighted by Crippen LogP contribution is 2.42. The summed E-state index contributed by atoms with van der Waals surface area (Å²) in [5.74, 6) is 0.933. The predicted molar refractivity (Wildman–Crippen MR) is 85.0 cm³/mol. The standard InChI is InChI=1S/C17H33N3/c1-14-11-18-17(3,15-5-6-15)13-20(14)12-16(2)7-9-19(4)10-8-16/h14-15,18H,5-13H2,1-4H3. The van der Waals surface area contributed by atoms with Crippen molar-refractivity contribution in [2.45, 2.75) is 58.0 Å². The quantitative estimate of drug-likeness (QED) is 0.854. The Morgan fingerprint density at radius 2 is 1.80 bits per heavy atom. The summed E-state index contributed by atoms with van der Waals surface area (Å²) in [4.78, 5) is 5.28. The van der Waals surface area contributed by atoms with Crippen LogP contribution in [-0.2, 0) is 0 Å². The first-order valence-corrected chi connectivity index (χ1v) is 8.58. The van der Waals surface area contributed by atoms with E-state index in [0.29, 0.717) is 17.0 Å². The molecule has 3 rings (SSSR count). The molecule has 0 bridgehead atoms. The number of piperazine rings is 1. The summed E-state index contributed by atoms with van der Waals surface area (Å²) >= 11 is 0. The molecule has 2 unspecified atom stereocenters. The molecule has 2 saturated heterocycles. The van der Waals surface area contributed by atoms with Gasteiger partial charge in [-0.2, -0.15) is 0 Å². The Kier molecular flexibility index (Phi) is 3.89. The van der Waals surface area contributed by atoms with E-state index in [1.807, 2.05) is 0 Å². The maximum Gasteiger partial charge on any atom is 0.0309 e. The van der Waals surface area contributed by atoms with Crippen LogP contribution in [0.25, 0.3) is 0 Å². The van der Waals surface area contributed by atoms with Gasteiger partial charge < -0.3 is 10.2 Å². The Morgan fingerprint density at radius 3 is 2.40 bits per heavy atom. The van der Waals surface area contributed by atoms with E-state index in [1.165, 1.54) is 58.4 Å². The van der Waals surface area contributed by atoms with Crippen molar-refractivity contribution in [1.29, 1.82) is 0 Å². The lowest BCUT2D eigenvalue weighted by Crippen LogP contribution is -2.64. The summed E-state index contributed by atoms with van der Waals surface area (Å²) in [7, 11) is 2.26. The Labute approximate surface area is 125 Å². The molecule has 0 aromatic heterocycles. The number of hydrogen-bond donors (Lipinski definition) is 1. The highest BCUT2D eigenvalue weighted by Gasteiger charge is 2.46. The fraction of sp³-hybridized carbons (Fsp3) is 1.00. The average molecular weight is 279 g/mol. The minimum atomic E-state index is 0.383. The molecule has 0 aromatic carbocycles. The van der Waals surface area contributed by atoms with Gasteiger partial charge in [0.1, 0.15) is 0 Å². The zero-order valence-corrected chi connectivity index (χ0v) is 13.9. The second-order valence-corrected chi connectivity index (χ2v) is 8.44. The molecular weight excluding hydrogens is 246 g/mol. The predicted octanol–water partition coefficient (Wildman–Crippen LogP) is 2.18. The molecule has 1 N–H and O–H groups in total. The molecule has 3 nitrogen and oxygen atoms in total. The second-order valence-electron chi connectivity index (χ2n) is 8.44. The van der Waals surface area contributed by atoms with Gasteiger partial charge in [0, 0.05) is 31.2 Å². The van der Waals surface area contributed by atoms with Crippen LogP contribution in [-0.4, -0.2) is 61.2 Å². The van der Waals surface area contributed by atoms with E-state index in [1.54, 1.807) is 0 Å². The summed E-state index contributed by atoms with van der Waals surface area (Å²) in [5, 5.41) is 3.84. The molecule has 116 valence electrons. The maximum absolute atomic E-state index is 3.84. The summed E-state index contributed by atoms with van der Waals surface area (Å²) in [6.45, 7) is 13.6. The molecule has 0 aromatic rings. The third-order valence-corrected chi connectivity index (χ3v) is 6.21. The second kappa shape index (κ2) is 5.26. The van der Waals surface area contributed by atoms with E-state index in [-0.39, 0.29) is 0 Å². The maximum atomic E-state index is 3.84. The van der Waals surface area contributed by atoms with Gasteiger partial charge in [-0.3, -0.25) is 4.90 Å². The smallest absolute Gasteiger partial charge is 0.0309 e. The monoisotopic (exact) mass is 279 g/mol. The van der Waals surface area contributed by atoms with Gasteiger partial charge in [0.2, 0.25) is 0 Å². The molecular formula is C17H33N3. The number of nitrogens with zero attached hydrogens (tertiary/aromatic N) is 2. The van der Waals surface area contributed by atoms with Crippen molar-refractivity contribution in [2.24, 2.45) is 11.3 Å². The largest absolute Gasteiger partial charge is 0.308 e. The van der Waals surface area contributed by atoms with Crippen molar-refractivity contribution in [3.05, 3.63) is 0 Å². The molecule has 0 spiro atoms. The van der Waals surface area contributed by atoms with E-state index in [0.717, 1.165) is 5.92 Å². The van der Waals surface area contributed by atoms with Gasteiger partial charge in [-0.15, -0.1) is 0 Å². The average Bonchev–Trinajstić information content (AvgIpc) is 3.23. The summed E-state index contributed by atoms with van der Waals surface area (Å²) in [6, 6.07) is 0.693. The van der Waals surface area contributed by atoms with Gasteiger partial charge in [-0.25, -0.2) is 0 Å². The van der Waals surface area contributed by atoms with Crippen LogP contribution in [0.5, 0.6) is 0 Å². The van der Waals surface area contributed by atoms with E-state index in [9.17, 15) is 0 Å². The molecule has 0 amide bonds. The van der Waals surface area contributed by atoms with Crippen LogP contribution in [0.3, 0.4) is 0 Å². The highest BCUT2D eigenvalue weighted by atomic mass is 15.3. The molecule has 2 heterocycles. The number of hydrogen-bond acceptors (Lipinski definition) is 3. The van der Waals surface area contributed by atoms with Gasteiger partial charge in [0.25, 0.3) is 0 Å². The lowest BCUT2D eigenvalue weighted by atomic mass is 9.79. The first-order chi connectivity index (χ1) is 9.40. The topological polar surface area (TPSA) is 18.5 Å². The van der Waals surface area contributed by atoms with Crippen LogP contribution in [0.1, 0.15) is 46.5 Å². The van der Waals surface area contributed by atoms with Crippen molar-refractivity contribution in [3.63, 3.8) is 0 Å². The number of nitrogens with one attached hydrogen (secondary N) is 1. The highest BCUT2D eigenvalue weighted by molar-refractivity contribution is 5.04. The Balaban J connectivity index is 1.62. The van der Waals surface area contributed by atoms with E-state index < -0.39 is 0 Å². The lowest BCUT2D eigenvalue weighted by molar-refractivity contribution is 0.0229. The molecule has 20 heavy (non-hydrogen) atoms. The summed E-state index contributed by atoms with van der Waals surface area (Å²) in [5.41, 5.74) is 0.914.